The third kappa shape index (κ3) is 2.38. The van der Waals surface area contributed by atoms with E-state index in [1.165, 1.54) is 4.90 Å². The Labute approximate surface area is 79.8 Å². The molecule has 1 aromatic carbocycles. The highest BCUT2D eigenvalue weighted by molar-refractivity contribution is 9.10. The normalized spacial score (nSPS) is 9.64. The van der Waals surface area contributed by atoms with Gasteiger partial charge in [-0.1, -0.05) is 28.6 Å². The summed E-state index contributed by atoms with van der Waals surface area (Å²) in [5, 5.41) is 0. The molecule has 0 amide bonds. The standard InChI is InChI=1S/C9H9BrS/c1-3-7-4-8(10)6-9(5-7)11-2/h3-6H,1H2,2H3. The second-order valence-corrected chi connectivity index (χ2v) is 3.92. The Bertz CT molecular complexity index is 268. The summed E-state index contributed by atoms with van der Waals surface area (Å²) in [7, 11) is 0. The molecule has 0 radical (unpaired) electrons. The van der Waals surface area contributed by atoms with Crippen molar-refractivity contribution in [3.05, 3.63) is 34.8 Å². The first kappa shape index (κ1) is 8.88. The van der Waals surface area contributed by atoms with Crippen LogP contribution in [-0.2, 0) is 0 Å². The van der Waals surface area contributed by atoms with Crippen molar-refractivity contribution in [2.45, 2.75) is 4.90 Å². The number of hydrogen-bond acceptors (Lipinski definition) is 1. The lowest BCUT2D eigenvalue weighted by molar-refractivity contribution is 1.42. The van der Waals surface area contributed by atoms with Crippen LogP contribution in [0.1, 0.15) is 5.56 Å². The zero-order chi connectivity index (χ0) is 8.27. The molecular formula is C9H9BrS. The van der Waals surface area contributed by atoms with Crippen LogP contribution in [-0.4, -0.2) is 6.26 Å². The minimum Gasteiger partial charge on any atom is -0.130 e. The number of thioether (sulfide) groups is 1. The van der Waals surface area contributed by atoms with Crippen LogP contribution < -0.4 is 0 Å². The maximum atomic E-state index is 3.72. The Morgan fingerprint density at radius 3 is 2.73 bits per heavy atom. The maximum Gasteiger partial charge on any atom is 0.0192 e. The van der Waals surface area contributed by atoms with Gasteiger partial charge < -0.3 is 0 Å². The molecule has 0 saturated heterocycles. The fraction of sp³-hybridized carbons (Fsp3) is 0.111. The van der Waals surface area contributed by atoms with Crippen molar-refractivity contribution in [2.75, 3.05) is 6.26 Å². The van der Waals surface area contributed by atoms with Crippen LogP contribution in [0.5, 0.6) is 0 Å². The predicted molar refractivity (Wildman–Crippen MR) is 56.0 cm³/mol. The van der Waals surface area contributed by atoms with Gasteiger partial charge in [0.15, 0.2) is 0 Å². The van der Waals surface area contributed by atoms with Crippen molar-refractivity contribution in [3.63, 3.8) is 0 Å². The van der Waals surface area contributed by atoms with Gasteiger partial charge in [-0.25, -0.2) is 0 Å². The van der Waals surface area contributed by atoms with E-state index >= 15 is 0 Å². The topological polar surface area (TPSA) is 0 Å². The first-order valence-electron chi connectivity index (χ1n) is 3.23. The third-order valence-electron chi connectivity index (χ3n) is 1.37. The molecule has 0 atom stereocenters. The van der Waals surface area contributed by atoms with E-state index in [4.69, 9.17) is 0 Å². The van der Waals surface area contributed by atoms with E-state index in [0.717, 1.165) is 10.0 Å². The monoisotopic (exact) mass is 228 g/mol. The molecule has 0 nitrogen and oxygen atoms in total. The maximum absolute atomic E-state index is 3.72. The van der Waals surface area contributed by atoms with E-state index in [1.807, 2.05) is 12.1 Å². The quantitative estimate of drug-likeness (QED) is 0.695. The zero-order valence-corrected chi connectivity index (χ0v) is 8.71. The van der Waals surface area contributed by atoms with Crippen molar-refractivity contribution in [1.82, 2.24) is 0 Å². The molecule has 0 fully saturated rings. The average Bonchev–Trinajstić information content (AvgIpc) is 2.03. The highest BCUT2D eigenvalue weighted by Gasteiger charge is 1.94. The summed E-state index contributed by atoms with van der Waals surface area (Å²) in [6, 6.07) is 6.26. The number of rotatable bonds is 2. The highest BCUT2D eigenvalue weighted by Crippen LogP contribution is 2.22. The van der Waals surface area contributed by atoms with E-state index in [1.54, 1.807) is 11.8 Å². The molecule has 0 aromatic heterocycles. The van der Waals surface area contributed by atoms with Gasteiger partial charge in [-0.15, -0.1) is 11.8 Å². The van der Waals surface area contributed by atoms with E-state index in [9.17, 15) is 0 Å². The molecule has 0 heterocycles. The Hall–Kier alpha value is -0.210. The van der Waals surface area contributed by atoms with E-state index in [-0.39, 0.29) is 0 Å². The molecule has 0 aliphatic rings. The second-order valence-electron chi connectivity index (χ2n) is 2.13. The van der Waals surface area contributed by atoms with Crippen LogP contribution in [0.2, 0.25) is 0 Å². The van der Waals surface area contributed by atoms with Gasteiger partial charge in [0.1, 0.15) is 0 Å². The molecule has 0 unspecified atom stereocenters. The van der Waals surface area contributed by atoms with Crippen molar-refractivity contribution < 1.29 is 0 Å². The summed E-state index contributed by atoms with van der Waals surface area (Å²) in [4.78, 5) is 1.26. The van der Waals surface area contributed by atoms with Crippen LogP contribution >= 0.6 is 27.7 Å². The first-order valence-corrected chi connectivity index (χ1v) is 5.25. The van der Waals surface area contributed by atoms with Crippen LogP contribution in [0.4, 0.5) is 0 Å². The average molecular weight is 229 g/mol. The van der Waals surface area contributed by atoms with Crippen molar-refractivity contribution in [2.24, 2.45) is 0 Å². The van der Waals surface area contributed by atoms with Crippen LogP contribution in [0.15, 0.2) is 34.1 Å². The number of halogens is 1. The van der Waals surface area contributed by atoms with Gasteiger partial charge >= 0.3 is 0 Å². The summed E-state index contributed by atoms with van der Waals surface area (Å²) >= 11 is 5.17. The molecule has 11 heavy (non-hydrogen) atoms. The van der Waals surface area contributed by atoms with Crippen molar-refractivity contribution in [3.8, 4) is 0 Å². The van der Waals surface area contributed by atoms with Crippen LogP contribution in [0.25, 0.3) is 6.08 Å². The van der Waals surface area contributed by atoms with Gasteiger partial charge in [-0.3, -0.25) is 0 Å². The van der Waals surface area contributed by atoms with E-state index in [2.05, 4.69) is 40.9 Å². The molecule has 1 aromatic rings. The Morgan fingerprint density at radius 1 is 1.45 bits per heavy atom. The Morgan fingerprint density at radius 2 is 2.18 bits per heavy atom. The summed E-state index contributed by atoms with van der Waals surface area (Å²) in [6.07, 6.45) is 3.92. The molecule has 0 bridgehead atoms. The van der Waals surface area contributed by atoms with Crippen molar-refractivity contribution >= 4 is 33.8 Å². The molecule has 0 aliphatic heterocycles. The Kier molecular flexibility index (Phi) is 3.21. The third-order valence-corrected chi connectivity index (χ3v) is 2.53. The van der Waals surface area contributed by atoms with Crippen LogP contribution in [0, 0.1) is 0 Å². The van der Waals surface area contributed by atoms with E-state index in [0.29, 0.717) is 0 Å². The molecule has 0 saturated carbocycles. The van der Waals surface area contributed by atoms with Gasteiger partial charge in [0.2, 0.25) is 0 Å². The fourth-order valence-corrected chi connectivity index (χ4v) is 1.98. The minimum atomic E-state index is 1.11. The summed E-state index contributed by atoms with van der Waals surface area (Å²) in [5.41, 5.74) is 1.16. The van der Waals surface area contributed by atoms with Gasteiger partial charge in [0.05, 0.1) is 0 Å². The minimum absolute atomic E-state index is 1.11. The largest absolute Gasteiger partial charge is 0.130 e. The smallest absolute Gasteiger partial charge is 0.0192 e. The molecule has 0 N–H and O–H groups in total. The molecule has 0 spiro atoms. The lowest BCUT2D eigenvalue weighted by Gasteiger charge is -1.99. The fourth-order valence-electron chi connectivity index (χ4n) is 0.820. The number of hydrogen-bond donors (Lipinski definition) is 0. The van der Waals surface area contributed by atoms with Crippen LogP contribution in [0.3, 0.4) is 0 Å². The molecule has 0 aliphatic carbocycles. The molecule has 2 heteroatoms. The van der Waals surface area contributed by atoms with Gasteiger partial charge in [-0.2, -0.15) is 0 Å². The second kappa shape index (κ2) is 3.98. The van der Waals surface area contributed by atoms with Crippen molar-refractivity contribution in [1.29, 1.82) is 0 Å². The Balaban J connectivity index is 3.11. The van der Waals surface area contributed by atoms with Gasteiger partial charge in [0.25, 0.3) is 0 Å². The lowest BCUT2D eigenvalue weighted by Crippen LogP contribution is -1.74. The molecule has 58 valence electrons. The van der Waals surface area contributed by atoms with E-state index < -0.39 is 0 Å². The highest BCUT2D eigenvalue weighted by atomic mass is 79.9. The zero-order valence-electron chi connectivity index (χ0n) is 6.30. The number of benzene rings is 1. The lowest BCUT2D eigenvalue weighted by atomic mass is 10.2. The summed E-state index contributed by atoms with van der Waals surface area (Å²) in [5.74, 6) is 0. The molecule has 1 rings (SSSR count). The van der Waals surface area contributed by atoms with Gasteiger partial charge in [0, 0.05) is 9.37 Å². The van der Waals surface area contributed by atoms with Gasteiger partial charge in [-0.05, 0) is 30.0 Å². The first-order chi connectivity index (χ1) is 5.26. The predicted octanol–water partition coefficient (Wildman–Crippen LogP) is 3.81. The summed E-state index contributed by atoms with van der Waals surface area (Å²) < 4.78 is 1.11. The SMILES string of the molecule is C=Cc1cc(Br)cc(SC)c1. The molecular weight excluding hydrogens is 220 g/mol. The summed E-state index contributed by atoms with van der Waals surface area (Å²) in [6.45, 7) is 3.72.